The summed E-state index contributed by atoms with van der Waals surface area (Å²) in [5.41, 5.74) is 2.10. The molecular weight excluding hydrogens is 270 g/mol. The van der Waals surface area contributed by atoms with Crippen LogP contribution in [0.25, 0.3) is 0 Å². The second-order valence-electron chi connectivity index (χ2n) is 5.73. The number of carboxylic acids is 1. The van der Waals surface area contributed by atoms with E-state index in [0.717, 1.165) is 17.2 Å². The van der Waals surface area contributed by atoms with Crippen molar-refractivity contribution in [2.75, 3.05) is 0 Å². The molecule has 0 radical (unpaired) electrons. The van der Waals surface area contributed by atoms with Crippen molar-refractivity contribution >= 4 is 17.7 Å². The Morgan fingerprint density at radius 2 is 2.00 bits per heavy atom. The van der Waals surface area contributed by atoms with Gasteiger partial charge in [0.1, 0.15) is 5.03 Å². The SMILES string of the molecule is CCC1CCC(Sc2nc(C)cc(C)c2C(=O)O)CC1. The number of aromatic carboxylic acids is 1. The molecule has 2 rings (SSSR count). The summed E-state index contributed by atoms with van der Waals surface area (Å²) in [5.74, 6) is -0.00209. The van der Waals surface area contributed by atoms with Crippen LogP contribution in [-0.2, 0) is 0 Å². The predicted molar refractivity (Wildman–Crippen MR) is 82.6 cm³/mol. The van der Waals surface area contributed by atoms with Gasteiger partial charge in [0, 0.05) is 10.9 Å². The molecule has 1 aliphatic rings. The Morgan fingerprint density at radius 1 is 1.35 bits per heavy atom. The largest absolute Gasteiger partial charge is 0.478 e. The van der Waals surface area contributed by atoms with Gasteiger partial charge in [-0.1, -0.05) is 13.3 Å². The van der Waals surface area contributed by atoms with E-state index < -0.39 is 5.97 Å². The van der Waals surface area contributed by atoms with Crippen molar-refractivity contribution in [2.45, 2.75) is 63.2 Å². The third-order valence-corrected chi connectivity index (χ3v) is 5.50. The lowest BCUT2D eigenvalue weighted by Crippen LogP contribution is -2.16. The van der Waals surface area contributed by atoms with E-state index in [1.54, 1.807) is 11.8 Å². The first-order valence-corrected chi connectivity index (χ1v) is 8.27. The molecule has 0 atom stereocenters. The number of rotatable bonds is 4. The van der Waals surface area contributed by atoms with Crippen LogP contribution in [0.3, 0.4) is 0 Å². The Kier molecular flexibility index (Phi) is 5.08. The topological polar surface area (TPSA) is 50.2 Å². The first kappa shape index (κ1) is 15.4. The summed E-state index contributed by atoms with van der Waals surface area (Å²) < 4.78 is 0. The zero-order chi connectivity index (χ0) is 14.7. The molecule has 0 aromatic carbocycles. The van der Waals surface area contributed by atoms with Crippen LogP contribution in [-0.4, -0.2) is 21.3 Å². The van der Waals surface area contributed by atoms with Gasteiger partial charge >= 0.3 is 5.97 Å². The van der Waals surface area contributed by atoms with Crippen molar-refractivity contribution in [3.63, 3.8) is 0 Å². The van der Waals surface area contributed by atoms with Crippen LogP contribution in [0.2, 0.25) is 0 Å². The summed E-state index contributed by atoms with van der Waals surface area (Å²) in [5, 5.41) is 10.6. The Bertz CT molecular complexity index is 493. The van der Waals surface area contributed by atoms with Gasteiger partial charge in [-0.2, -0.15) is 0 Å². The fraction of sp³-hybridized carbons (Fsp3) is 0.625. The van der Waals surface area contributed by atoms with Gasteiger partial charge in [-0.15, -0.1) is 11.8 Å². The third kappa shape index (κ3) is 3.54. The summed E-state index contributed by atoms with van der Waals surface area (Å²) in [6, 6.07) is 1.85. The molecule has 0 spiro atoms. The number of hydrogen-bond acceptors (Lipinski definition) is 3. The highest BCUT2D eigenvalue weighted by Crippen LogP contribution is 2.38. The maximum atomic E-state index is 11.4. The van der Waals surface area contributed by atoms with Gasteiger partial charge in [0.15, 0.2) is 0 Å². The minimum Gasteiger partial charge on any atom is -0.478 e. The molecule has 1 fully saturated rings. The van der Waals surface area contributed by atoms with Crippen LogP contribution in [0.1, 0.15) is 60.6 Å². The van der Waals surface area contributed by atoms with Crippen LogP contribution >= 0.6 is 11.8 Å². The van der Waals surface area contributed by atoms with Gasteiger partial charge in [0.05, 0.1) is 5.56 Å². The van der Waals surface area contributed by atoms with Crippen molar-refractivity contribution in [3.05, 3.63) is 22.9 Å². The highest BCUT2D eigenvalue weighted by Gasteiger charge is 2.24. The Balaban J connectivity index is 2.15. The molecule has 0 unspecified atom stereocenters. The Hall–Kier alpha value is -1.03. The quantitative estimate of drug-likeness (QED) is 0.890. The van der Waals surface area contributed by atoms with Crippen LogP contribution < -0.4 is 0 Å². The Morgan fingerprint density at radius 3 is 2.55 bits per heavy atom. The van der Waals surface area contributed by atoms with Gasteiger partial charge in [0.2, 0.25) is 0 Å². The molecule has 0 aliphatic heterocycles. The molecule has 1 saturated carbocycles. The number of carboxylic acid groups (broad SMARTS) is 1. The van der Waals surface area contributed by atoms with E-state index in [1.807, 2.05) is 19.9 Å². The van der Waals surface area contributed by atoms with Crippen LogP contribution in [0.4, 0.5) is 0 Å². The second kappa shape index (κ2) is 6.61. The maximum absolute atomic E-state index is 11.4. The summed E-state index contributed by atoms with van der Waals surface area (Å²) >= 11 is 1.67. The van der Waals surface area contributed by atoms with E-state index in [0.29, 0.717) is 15.8 Å². The van der Waals surface area contributed by atoms with E-state index in [9.17, 15) is 9.90 Å². The minimum atomic E-state index is -0.861. The van der Waals surface area contributed by atoms with Crippen molar-refractivity contribution in [2.24, 2.45) is 5.92 Å². The average Bonchev–Trinajstić information content (AvgIpc) is 2.38. The van der Waals surface area contributed by atoms with Gasteiger partial charge < -0.3 is 5.11 Å². The standard InChI is InChI=1S/C16H23NO2S/c1-4-12-5-7-13(8-6-12)20-15-14(16(18)19)10(2)9-11(3)17-15/h9,12-13H,4-8H2,1-3H3,(H,18,19). The fourth-order valence-electron chi connectivity index (χ4n) is 2.96. The molecule has 0 bridgehead atoms. The van der Waals surface area contributed by atoms with Gasteiger partial charge in [-0.3, -0.25) is 0 Å². The first-order chi connectivity index (χ1) is 9.51. The number of pyridine rings is 1. The smallest absolute Gasteiger partial charge is 0.338 e. The number of carbonyl (C=O) groups is 1. The molecule has 1 heterocycles. The van der Waals surface area contributed by atoms with Gasteiger partial charge in [-0.25, -0.2) is 9.78 Å². The molecule has 110 valence electrons. The zero-order valence-electron chi connectivity index (χ0n) is 12.5. The molecule has 1 aromatic rings. The number of hydrogen-bond donors (Lipinski definition) is 1. The van der Waals surface area contributed by atoms with Crippen molar-refractivity contribution < 1.29 is 9.90 Å². The second-order valence-corrected chi connectivity index (χ2v) is 7.02. The van der Waals surface area contributed by atoms with Crippen LogP contribution in [0.15, 0.2) is 11.1 Å². The van der Waals surface area contributed by atoms with Crippen molar-refractivity contribution in [1.29, 1.82) is 0 Å². The molecule has 0 amide bonds. The molecule has 0 saturated heterocycles. The molecular formula is C16H23NO2S. The molecule has 1 N–H and O–H groups in total. The lowest BCUT2D eigenvalue weighted by atomic mass is 9.87. The zero-order valence-corrected chi connectivity index (χ0v) is 13.3. The normalized spacial score (nSPS) is 22.8. The number of aromatic nitrogens is 1. The van der Waals surface area contributed by atoms with Crippen molar-refractivity contribution in [3.8, 4) is 0 Å². The molecule has 4 heteroatoms. The lowest BCUT2D eigenvalue weighted by Gasteiger charge is -2.27. The molecule has 1 aliphatic carbocycles. The fourth-order valence-corrected chi connectivity index (χ4v) is 4.35. The number of thioether (sulfide) groups is 1. The Labute approximate surface area is 125 Å². The number of aryl methyl sites for hydroxylation is 2. The van der Waals surface area contributed by atoms with Gasteiger partial charge in [-0.05, 0) is 57.1 Å². The average molecular weight is 293 g/mol. The summed E-state index contributed by atoms with van der Waals surface area (Å²) in [4.78, 5) is 15.9. The minimum absolute atomic E-state index is 0.387. The highest BCUT2D eigenvalue weighted by atomic mass is 32.2. The maximum Gasteiger partial charge on any atom is 0.338 e. The predicted octanol–water partition coefficient (Wildman–Crippen LogP) is 4.46. The van der Waals surface area contributed by atoms with E-state index in [-0.39, 0.29) is 0 Å². The highest BCUT2D eigenvalue weighted by molar-refractivity contribution is 7.99. The van der Waals surface area contributed by atoms with Crippen LogP contribution in [0, 0.1) is 19.8 Å². The summed E-state index contributed by atoms with van der Waals surface area (Å²) in [6.45, 7) is 6.04. The van der Waals surface area contributed by atoms with E-state index in [1.165, 1.54) is 32.1 Å². The van der Waals surface area contributed by atoms with Crippen LogP contribution in [0.5, 0.6) is 0 Å². The van der Waals surface area contributed by atoms with E-state index in [2.05, 4.69) is 11.9 Å². The molecule has 1 aromatic heterocycles. The van der Waals surface area contributed by atoms with E-state index >= 15 is 0 Å². The first-order valence-electron chi connectivity index (χ1n) is 7.39. The molecule has 3 nitrogen and oxygen atoms in total. The van der Waals surface area contributed by atoms with E-state index in [4.69, 9.17) is 0 Å². The summed E-state index contributed by atoms with van der Waals surface area (Å²) in [6.07, 6.45) is 6.15. The monoisotopic (exact) mass is 293 g/mol. The van der Waals surface area contributed by atoms with Gasteiger partial charge in [0.25, 0.3) is 0 Å². The number of nitrogens with zero attached hydrogens (tertiary/aromatic N) is 1. The molecule has 20 heavy (non-hydrogen) atoms. The van der Waals surface area contributed by atoms with Crippen molar-refractivity contribution in [1.82, 2.24) is 4.98 Å². The third-order valence-electron chi connectivity index (χ3n) is 4.17. The summed E-state index contributed by atoms with van der Waals surface area (Å²) in [7, 11) is 0. The lowest BCUT2D eigenvalue weighted by molar-refractivity contribution is 0.0691.